The third-order valence-corrected chi connectivity index (χ3v) is 2.63. The van der Waals surface area contributed by atoms with Gasteiger partial charge in [0.15, 0.2) is 0 Å². The lowest BCUT2D eigenvalue weighted by molar-refractivity contribution is -0.0515. The number of nitrogens with one attached hydrogen (secondary N) is 1. The smallest absolute Gasteiger partial charge is 0.0635 e. The Bertz CT molecular complexity index is 143. The molecule has 2 aliphatic rings. The lowest BCUT2D eigenvalue weighted by Gasteiger charge is -2.43. The number of hydrogen-bond donors (Lipinski definition) is 1. The number of rotatable bonds is 0. The van der Waals surface area contributed by atoms with Crippen LogP contribution in [0.4, 0.5) is 0 Å². The molecule has 1 N–H and O–H groups in total. The first-order valence-electron chi connectivity index (χ1n) is 4.42. The Morgan fingerprint density at radius 2 is 2.25 bits per heavy atom. The minimum Gasteiger partial charge on any atom is -0.378 e. The summed E-state index contributed by atoms with van der Waals surface area (Å²) >= 11 is 0. The summed E-state index contributed by atoms with van der Waals surface area (Å²) in [5.74, 6) is 0. The minimum absolute atomic E-state index is 0. The summed E-state index contributed by atoms with van der Waals surface area (Å²) in [5, 5.41) is 3.38. The van der Waals surface area contributed by atoms with Crippen LogP contribution in [-0.2, 0) is 4.74 Å². The van der Waals surface area contributed by atoms with Crippen LogP contribution in [-0.4, -0.2) is 49.8 Å². The molecule has 0 aliphatic carbocycles. The maximum Gasteiger partial charge on any atom is 0.0635 e. The molecular weight excluding hydrogens is 176 g/mol. The van der Waals surface area contributed by atoms with Crippen LogP contribution in [0.15, 0.2) is 0 Å². The van der Waals surface area contributed by atoms with Crippen molar-refractivity contribution in [1.82, 2.24) is 10.2 Å². The molecule has 0 aromatic rings. The Kier molecular flexibility index (Phi) is 3.77. The predicted molar refractivity (Wildman–Crippen MR) is 50.9 cm³/mol. The molecule has 0 aromatic heterocycles. The second kappa shape index (κ2) is 4.42. The fourth-order valence-corrected chi connectivity index (χ4v) is 1.98. The van der Waals surface area contributed by atoms with Gasteiger partial charge >= 0.3 is 0 Å². The molecule has 4 heteroatoms. The lowest BCUT2D eigenvalue weighted by Crippen LogP contribution is -2.60. The lowest BCUT2D eigenvalue weighted by atomic mass is 10.1. The normalized spacial score (nSPS) is 36.8. The van der Waals surface area contributed by atoms with Crippen molar-refractivity contribution in [2.75, 3.05) is 32.8 Å². The van der Waals surface area contributed by atoms with Crippen molar-refractivity contribution in [2.45, 2.75) is 19.0 Å². The predicted octanol–water partition coefficient (Wildman–Crippen LogP) is 0.101. The fourth-order valence-electron chi connectivity index (χ4n) is 1.98. The second-order valence-electron chi connectivity index (χ2n) is 3.48. The highest BCUT2D eigenvalue weighted by Crippen LogP contribution is 2.13. The van der Waals surface area contributed by atoms with E-state index in [1.54, 1.807) is 0 Å². The summed E-state index contributed by atoms with van der Waals surface area (Å²) in [7, 11) is 0. The van der Waals surface area contributed by atoms with Crippen molar-refractivity contribution in [3.05, 3.63) is 0 Å². The Morgan fingerprint density at radius 1 is 1.42 bits per heavy atom. The standard InChI is InChI=1S/C8H16N2O.ClH/c1-7-5-11-6-8-4-9-2-3-10(7)8;/h7-9H,2-6H2,1H3;1H/t7-,8+;/m0./s1. The molecule has 2 saturated heterocycles. The molecule has 12 heavy (non-hydrogen) atoms. The molecule has 2 atom stereocenters. The van der Waals surface area contributed by atoms with E-state index >= 15 is 0 Å². The SMILES string of the molecule is C[C@H]1COC[C@H]2CNCCN21.Cl. The molecule has 2 fully saturated rings. The van der Waals surface area contributed by atoms with Gasteiger partial charge in [-0.2, -0.15) is 0 Å². The molecule has 2 heterocycles. The van der Waals surface area contributed by atoms with Crippen LogP contribution in [0.25, 0.3) is 0 Å². The molecule has 0 aromatic carbocycles. The monoisotopic (exact) mass is 192 g/mol. The number of hydrogen-bond acceptors (Lipinski definition) is 3. The Hall–Kier alpha value is 0.170. The number of halogens is 1. The zero-order valence-electron chi connectivity index (χ0n) is 7.45. The van der Waals surface area contributed by atoms with Crippen molar-refractivity contribution in [3.63, 3.8) is 0 Å². The van der Waals surface area contributed by atoms with Crippen LogP contribution in [0.5, 0.6) is 0 Å². The third-order valence-electron chi connectivity index (χ3n) is 2.63. The highest BCUT2D eigenvalue weighted by molar-refractivity contribution is 5.85. The summed E-state index contributed by atoms with van der Waals surface area (Å²) in [6, 6.07) is 1.25. The Labute approximate surface area is 79.9 Å². The average Bonchev–Trinajstić information content (AvgIpc) is 2.06. The molecule has 0 radical (unpaired) electrons. The first-order valence-corrected chi connectivity index (χ1v) is 4.42. The maximum atomic E-state index is 5.47. The molecule has 2 rings (SSSR count). The van der Waals surface area contributed by atoms with Gasteiger partial charge in [-0.25, -0.2) is 0 Å². The van der Waals surface area contributed by atoms with E-state index < -0.39 is 0 Å². The first kappa shape index (κ1) is 10.3. The number of morpholine rings is 1. The van der Waals surface area contributed by atoms with Gasteiger partial charge in [0.25, 0.3) is 0 Å². The van der Waals surface area contributed by atoms with E-state index in [4.69, 9.17) is 4.74 Å². The van der Waals surface area contributed by atoms with Gasteiger partial charge < -0.3 is 10.1 Å². The topological polar surface area (TPSA) is 24.5 Å². The van der Waals surface area contributed by atoms with Crippen LogP contribution in [0.1, 0.15) is 6.92 Å². The van der Waals surface area contributed by atoms with E-state index in [1.165, 1.54) is 6.54 Å². The Morgan fingerprint density at radius 3 is 3.00 bits per heavy atom. The molecule has 2 aliphatic heterocycles. The van der Waals surface area contributed by atoms with Crippen molar-refractivity contribution < 1.29 is 4.74 Å². The largest absolute Gasteiger partial charge is 0.378 e. The molecule has 0 bridgehead atoms. The van der Waals surface area contributed by atoms with E-state index in [-0.39, 0.29) is 12.4 Å². The summed E-state index contributed by atoms with van der Waals surface area (Å²) in [6.07, 6.45) is 0. The van der Waals surface area contributed by atoms with E-state index in [1.807, 2.05) is 0 Å². The van der Waals surface area contributed by atoms with E-state index in [2.05, 4.69) is 17.1 Å². The highest BCUT2D eigenvalue weighted by atomic mass is 35.5. The molecule has 0 unspecified atom stereocenters. The van der Waals surface area contributed by atoms with E-state index in [0.29, 0.717) is 12.1 Å². The van der Waals surface area contributed by atoms with Crippen LogP contribution in [0, 0.1) is 0 Å². The van der Waals surface area contributed by atoms with Crippen LogP contribution < -0.4 is 5.32 Å². The summed E-state index contributed by atoms with van der Waals surface area (Å²) in [5.41, 5.74) is 0. The molecule has 3 nitrogen and oxygen atoms in total. The van der Waals surface area contributed by atoms with Gasteiger partial charge in [-0.1, -0.05) is 0 Å². The van der Waals surface area contributed by atoms with E-state index in [0.717, 1.165) is 26.3 Å². The van der Waals surface area contributed by atoms with Crippen LogP contribution in [0.3, 0.4) is 0 Å². The third kappa shape index (κ3) is 1.91. The summed E-state index contributed by atoms with van der Waals surface area (Å²) in [4.78, 5) is 2.56. The van der Waals surface area contributed by atoms with Gasteiger partial charge in [0, 0.05) is 31.7 Å². The number of fused-ring (bicyclic) bond motifs is 1. The van der Waals surface area contributed by atoms with Crippen LogP contribution >= 0.6 is 12.4 Å². The number of piperazine rings is 1. The average molecular weight is 193 g/mol. The van der Waals surface area contributed by atoms with Gasteiger partial charge in [-0.15, -0.1) is 12.4 Å². The van der Waals surface area contributed by atoms with Gasteiger partial charge in [-0.05, 0) is 6.92 Å². The zero-order valence-corrected chi connectivity index (χ0v) is 8.27. The van der Waals surface area contributed by atoms with Crippen molar-refractivity contribution in [2.24, 2.45) is 0 Å². The highest BCUT2D eigenvalue weighted by Gasteiger charge is 2.29. The summed E-state index contributed by atoms with van der Waals surface area (Å²) in [6.45, 7) is 7.51. The van der Waals surface area contributed by atoms with Crippen molar-refractivity contribution in [3.8, 4) is 0 Å². The summed E-state index contributed by atoms with van der Waals surface area (Å²) < 4.78 is 5.47. The van der Waals surface area contributed by atoms with Crippen molar-refractivity contribution in [1.29, 1.82) is 0 Å². The molecule has 0 amide bonds. The second-order valence-corrected chi connectivity index (χ2v) is 3.48. The zero-order chi connectivity index (χ0) is 7.68. The Balaban J connectivity index is 0.000000720. The molecular formula is C8H17ClN2O. The van der Waals surface area contributed by atoms with Crippen LogP contribution in [0.2, 0.25) is 0 Å². The maximum absolute atomic E-state index is 5.47. The molecule has 72 valence electrons. The van der Waals surface area contributed by atoms with Gasteiger partial charge in [0.1, 0.15) is 0 Å². The van der Waals surface area contributed by atoms with Gasteiger partial charge in [-0.3, -0.25) is 4.90 Å². The minimum atomic E-state index is 0. The van der Waals surface area contributed by atoms with Crippen molar-refractivity contribution >= 4 is 12.4 Å². The first-order chi connectivity index (χ1) is 5.38. The van der Waals surface area contributed by atoms with Gasteiger partial charge in [0.2, 0.25) is 0 Å². The molecule has 0 spiro atoms. The molecule has 0 saturated carbocycles. The quantitative estimate of drug-likeness (QED) is 0.590. The fraction of sp³-hybridized carbons (Fsp3) is 1.00. The van der Waals surface area contributed by atoms with E-state index in [9.17, 15) is 0 Å². The number of nitrogens with zero attached hydrogens (tertiary/aromatic N) is 1. The van der Waals surface area contributed by atoms with Gasteiger partial charge in [0.05, 0.1) is 13.2 Å². The number of ether oxygens (including phenoxy) is 1.